The lowest BCUT2D eigenvalue weighted by Gasteiger charge is -2.08. The second-order valence-electron chi connectivity index (χ2n) is 4.08. The molecular formula is C14H16N2O. The van der Waals surface area contributed by atoms with Crippen LogP contribution in [0.3, 0.4) is 0 Å². The van der Waals surface area contributed by atoms with Crippen molar-refractivity contribution in [2.75, 3.05) is 5.32 Å². The van der Waals surface area contributed by atoms with E-state index in [0.717, 1.165) is 18.5 Å². The van der Waals surface area contributed by atoms with Gasteiger partial charge in [-0.2, -0.15) is 0 Å². The average molecular weight is 228 g/mol. The number of hydrogen-bond donors (Lipinski definition) is 1. The van der Waals surface area contributed by atoms with Crippen LogP contribution in [0, 0.1) is 0 Å². The van der Waals surface area contributed by atoms with Crippen LogP contribution in [-0.2, 0) is 4.79 Å². The quantitative estimate of drug-likeness (QED) is 0.808. The zero-order valence-corrected chi connectivity index (χ0v) is 9.73. The Morgan fingerprint density at radius 3 is 2.82 bits per heavy atom. The van der Waals surface area contributed by atoms with Crippen molar-refractivity contribution in [3.05, 3.63) is 48.3 Å². The Balaban J connectivity index is 1.89. The van der Waals surface area contributed by atoms with Crippen molar-refractivity contribution in [1.29, 1.82) is 0 Å². The van der Waals surface area contributed by atoms with Gasteiger partial charge in [0.15, 0.2) is 0 Å². The van der Waals surface area contributed by atoms with Gasteiger partial charge in [-0.1, -0.05) is 17.7 Å². The smallest absolute Gasteiger partial charge is 0.248 e. The zero-order chi connectivity index (χ0) is 11.9. The van der Waals surface area contributed by atoms with Gasteiger partial charge in [-0.15, -0.1) is 0 Å². The Bertz CT molecular complexity index is 435. The van der Waals surface area contributed by atoms with Crippen LogP contribution in [0.4, 0.5) is 5.69 Å². The van der Waals surface area contributed by atoms with Gasteiger partial charge in [0.05, 0.1) is 0 Å². The second-order valence-corrected chi connectivity index (χ2v) is 4.08. The number of nitrogens with one attached hydrogen (secondary N) is 1. The van der Waals surface area contributed by atoms with Crippen LogP contribution in [0.25, 0.3) is 0 Å². The lowest BCUT2D eigenvalue weighted by molar-refractivity contribution is -0.111. The number of carbonyl (C=O) groups is 1. The Kier molecular flexibility index (Phi) is 4.08. The van der Waals surface area contributed by atoms with Gasteiger partial charge < -0.3 is 5.32 Å². The summed E-state index contributed by atoms with van der Waals surface area (Å²) in [5, 5.41) is 2.79. The topological polar surface area (TPSA) is 42.0 Å². The molecule has 3 heteroatoms. The lowest BCUT2D eigenvalue weighted by Crippen LogP contribution is -2.07. The van der Waals surface area contributed by atoms with E-state index in [1.54, 1.807) is 30.6 Å². The number of amides is 1. The van der Waals surface area contributed by atoms with Crippen molar-refractivity contribution in [2.24, 2.45) is 0 Å². The predicted octanol–water partition coefficient (Wildman–Crippen LogP) is 3.08. The molecule has 1 aliphatic carbocycles. The standard InChI is InChI=1S/C14H16N2O/c17-14(16-13-8-10-15-11-9-13)7-6-12-4-2-1-3-5-12/h4,6-11H,1-3,5H2,(H,15,16,17). The molecule has 1 aromatic rings. The summed E-state index contributed by atoms with van der Waals surface area (Å²) in [6.07, 6.45) is 13.7. The summed E-state index contributed by atoms with van der Waals surface area (Å²) in [4.78, 5) is 15.5. The van der Waals surface area contributed by atoms with E-state index >= 15 is 0 Å². The first-order valence-corrected chi connectivity index (χ1v) is 5.93. The number of hydrogen-bond acceptors (Lipinski definition) is 2. The van der Waals surface area contributed by atoms with E-state index in [0.29, 0.717) is 0 Å². The minimum absolute atomic E-state index is 0.0947. The summed E-state index contributed by atoms with van der Waals surface area (Å²) in [6.45, 7) is 0. The molecule has 1 N–H and O–H groups in total. The maximum atomic E-state index is 11.6. The molecule has 0 saturated heterocycles. The molecule has 1 aliphatic rings. The highest BCUT2D eigenvalue weighted by atomic mass is 16.1. The molecule has 17 heavy (non-hydrogen) atoms. The Labute approximate surface area is 101 Å². The number of carbonyl (C=O) groups excluding carboxylic acids is 1. The highest BCUT2D eigenvalue weighted by molar-refractivity contribution is 5.99. The average Bonchev–Trinajstić information content (AvgIpc) is 2.39. The summed E-state index contributed by atoms with van der Waals surface area (Å²) < 4.78 is 0. The van der Waals surface area contributed by atoms with Crippen molar-refractivity contribution in [3.8, 4) is 0 Å². The van der Waals surface area contributed by atoms with Gasteiger partial charge in [-0.05, 0) is 37.8 Å². The maximum Gasteiger partial charge on any atom is 0.248 e. The molecule has 0 spiro atoms. The first-order valence-electron chi connectivity index (χ1n) is 5.93. The van der Waals surface area contributed by atoms with Gasteiger partial charge >= 0.3 is 0 Å². The second kappa shape index (κ2) is 5.99. The van der Waals surface area contributed by atoms with Crippen LogP contribution in [0.5, 0.6) is 0 Å². The van der Waals surface area contributed by atoms with E-state index in [1.165, 1.54) is 18.4 Å². The number of pyridine rings is 1. The molecule has 1 heterocycles. The van der Waals surface area contributed by atoms with Crippen molar-refractivity contribution in [3.63, 3.8) is 0 Å². The van der Waals surface area contributed by atoms with E-state index in [-0.39, 0.29) is 5.91 Å². The molecular weight excluding hydrogens is 212 g/mol. The molecule has 1 amide bonds. The summed E-state index contributed by atoms with van der Waals surface area (Å²) in [5.74, 6) is -0.0947. The molecule has 1 aromatic heterocycles. The Hall–Kier alpha value is -1.90. The van der Waals surface area contributed by atoms with Crippen molar-refractivity contribution in [2.45, 2.75) is 25.7 Å². The van der Waals surface area contributed by atoms with E-state index in [1.807, 2.05) is 6.08 Å². The lowest BCUT2D eigenvalue weighted by atomic mass is 9.99. The van der Waals surface area contributed by atoms with Crippen LogP contribution in [0.15, 0.2) is 48.3 Å². The number of allylic oxidation sites excluding steroid dienone is 3. The molecule has 0 aliphatic heterocycles. The van der Waals surface area contributed by atoms with Crippen LogP contribution in [0.2, 0.25) is 0 Å². The van der Waals surface area contributed by atoms with E-state index in [4.69, 9.17) is 0 Å². The summed E-state index contributed by atoms with van der Waals surface area (Å²) in [6, 6.07) is 3.54. The highest BCUT2D eigenvalue weighted by Crippen LogP contribution is 2.18. The van der Waals surface area contributed by atoms with Gasteiger partial charge in [0.1, 0.15) is 0 Å². The van der Waals surface area contributed by atoms with Crippen LogP contribution in [0.1, 0.15) is 25.7 Å². The first-order chi connectivity index (χ1) is 8.34. The molecule has 0 radical (unpaired) electrons. The van der Waals surface area contributed by atoms with Crippen molar-refractivity contribution in [1.82, 2.24) is 4.98 Å². The third-order valence-corrected chi connectivity index (χ3v) is 2.72. The van der Waals surface area contributed by atoms with E-state index in [9.17, 15) is 4.79 Å². The molecule has 88 valence electrons. The number of nitrogens with zero attached hydrogens (tertiary/aromatic N) is 1. The maximum absolute atomic E-state index is 11.6. The van der Waals surface area contributed by atoms with Gasteiger partial charge in [0, 0.05) is 24.2 Å². The number of anilines is 1. The number of rotatable bonds is 3. The number of aromatic nitrogens is 1. The minimum Gasteiger partial charge on any atom is -0.322 e. The largest absolute Gasteiger partial charge is 0.322 e. The molecule has 0 unspecified atom stereocenters. The molecule has 0 atom stereocenters. The summed E-state index contributed by atoms with van der Waals surface area (Å²) in [5.41, 5.74) is 2.04. The van der Waals surface area contributed by atoms with Gasteiger partial charge in [0.25, 0.3) is 0 Å². The molecule has 0 fully saturated rings. The molecule has 2 rings (SSSR count). The fourth-order valence-electron chi connectivity index (χ4n) is 1.82. The van der Waals surface area contributed by atoms with Crippen LogP contribution >= 0.6 is 0 Å². The normalized spacial score (nSPS) is 15.6. The predicted molar refractivity (Wildman–Crippen MR) is 68.6 cm³/mol. The summed E-state index contributed by atoms with van der Waals surface area (Å²) >= 11 is 0. The van der Waals surface area contributed by atoms with E-state index in [2.05, 4.69) is 16.4 Å². The van der Waals surface area contributed by atoms with Gasteiger partial charge in [0.2, 0.25) is 5.91 Å². The van der Waals surface area contributed by atoms with Crippen LogP contribution < -0.4 is 5.32 Å². The molecule has 0 saturated carbocycles. The fourth-order valence-corrected chi connectivity index (χ4v) is 1.82. The molecule has 3 nitrogen and oxygen atoms in total. The SMILES string of the molecule is O=C(C=CC1=CCCCC1)Nc1ccncc1. The third kappa shape index (κ3) is 3.87. The fraction of sp³-hybridized carbons (Fsp3) is 0.286. The third-order valence-electron chi connectivity index (χ3n) is 2.72. The van der Waals surface area contributed by atoms with E-state index < -0.39 is 0 Å². The van der Waals surface area contributed by atoms with Gasteiger partial charge in [-0.25, -0.2) is 0 Å². The van der Waals surface area contributed by atoms with Crippen molar-refractivity contribution >= 4 is 11.6 Å². The minimum atomic E-state index is -0.0947. The zero-order valence-electron chi connectivity index (χ0n) is 9.73. The van der Waals surface area contributed by atoms with Crippen LogP contribution in [-0.4, -0.2) is 10.9 Å². The summed E-state index contributed by atoms with van der Waals surface area (Å²) in [7, 11) is 0. The highest BCUT2D eigenvalue weighted by Gasteiger charge is 2.01. The molecule has 0 aromatic carbocycles. The Morgan fingerprint density at radius 2 is 2.12 bits per heavy atom. The first kappa shape index (κ1) is 11.6. The molecule has 0 bridgehead atoms. The monoisotopic (exact) mass is 228 g/mol. The van der Waals surface area contributed by atoms with Crippen molar-refractivity contribution < 1.29 is 4.79 Å². The van der Waals surface area contributed by atoms with Gasteiger partial charge in [-0.3, -0.25) is 9.78 Å². The Morgan fingerprint density at radius 1 is 1.29 bits per heavy atom.